The summed E-state index contributed by atoms with van der Waals surface area (Å²) in [5.74, 6) is -0.466. The maximum Gasteiger partial charge on any atom is 0.331 e. The van der Waals surface area contributed by atoms with Crippen molar-refractivity contribution in [3.63, 3.8) is 0 Å². The molecule has 70 valence electrons. The van der Waals surface area contributed by atoms with Crippen molar-refractivity contribution in [1.29, 1.82) is 5.41 Å². The number of aromatic amines is 1. The summed E-state index contributed by atoms with van der Waals surface area (Å²) >= 11 is 0. The molecule has 0 radical (unpaired) electrons. The van der Waals surface area contributed by atoms with Gasteiger partial charge in [-0.2, -0.15) is 0 Å². The van der Waals surface area contributed by atoms with Crippen molar-refractivity contribution in [3.05, 3.63) is 26.4 Å². The Bertz CT molecular complexity index is 443. The smallest absolute Gasteiger partial charge is 0.331 e. The molecule has 0 aliphatic carbocycles. The van der Waals surface area contributed by atoms with Crippen LogP contribution in [0.1, 0.15) is 12.5 Å². The van der Waals surface area contributed by atoms with Crippen LogP contribution in [0.2, 0.25) is 0 Å². The van der Waals surface area contributed by atoms with Gasteiger partial charge in [0.15, 0.2) is 0 Å². The minimum atomic E-state index is -0.748. The zero-order chi connectivity index (χ0) is 10.0. The second kappa shape index (κ2) is 3.26. The van der Waals surface area contributed by atoms with Crippen LogP contribution in [0.3, 0.4) is 0 Å². The largest absolute Gasteiger partial charge is 0.494 e. The van der Waals surface area contributed by atoms with Gasteiger partial charge in [-0.05, 0) is 6.92 Å². The summed E-state index contributed by atoms with van der Waals surface area (Å²) in [6.07, 6.45) is 0.708. The molecule has 0 bridgehead atoms. The molecule has 0 aromatic carbocycles. The Kier molecular flexibility index (Phi) is 2.32. The molecule has 0 fully saturated rings. The van der Waals surface area contributed by atoms with E-state index in [9.17, 15) is 14.7 Å². The molecule has 1 aromatic heterocycles. The lowest BCUT2D eigenvalue weighted by molar-refractivity contribution is 0.404. The molecule has 13 heavy (non-hydrogen) atoms. The zero-order valence-corrected chi connectivity index (χ0v) is 7.00. The van der Waals surface area contributed by atoms with E-state index in [0.29, 0.717) is 6.21 Å². The number of aromatic hydroxyl groups is 1. The first-order valence-electron chi connectivity index (χ1n) is 3.68. The number of hydrogen-bond acceptors (Lipinski definition) is 4. The monoisotopic (exact) mass is 183 g/mol. The Morgan fingerprint density at radius 2 is 2.23 bits per heavy atom. The van der Waals surface area contributed by atoms with E-state index in [2.05, 4.69) is 0 Å². The van der Waals surface area contributed by atoms with Crippen LogP contribution in [0, 0.1) is 5.41 Å². The SMILES string of the molecule is CCn1c(O)c(C=N)c(=O)[nH]c1=O. The van der Waals surface area contributed by atoms with E-state index < -0.39 is 17.1 Å². The van der Waals surface area contributed by atoms with E-state index in [1.54, 1.807) is 6.92 Å². The van der Waals surface area contributed by atoms with E-state index in [0.717, 1.165) is 4.57 Å². The van der Waals surface area contributed by atoms with Crippen LogP contribution in [-0.4, -0.2) is 20.9 Å². The molecule has 6 nitrogen and oxygen atoms in total. The molecule has 0 saturated heterocycles. The van der Waals surface area contributed by atoms with E-state index in [4.69, 9.17) is 5.41 Å². The van der Waals surface area contributed by atoms with Crippen LogP contribution < -0.4 is 11.2 Å². The van der Waals surface area contributed by atoms with E-state index in [1.807, 2.05) is 4.98 Å². The van der Waals surface area contributed by atoms with Crippen molar-refractivity contribution < 1.29 is 5.11 Å². The quantitative estimate of drug-likeness (QED) is 0.526. The van der Waals surface area contributed by atoms with Gasteiger partial charge < -0.3 is 10.5 Å². The molecular weight excluding hydrogens is 174 g/mol. The van der Waals surface area contributed by atoms with E-state index in [-0.39, 0.29) is 12.1 Å². The molecule has 1 heterocycles. The van der Waals surface area contributed by atoms with Gasteiger partial charge in [-0.25, -0.2) is 4.79 Å². The van der Waals surface area contributed by atoms with Gasteiger partial charge in [-0.1, -0.05) is 0 Å². The van der Waals surface area contributed by atoms with Crippen LogP contribution >= 0.6 is 0 Å². The van der Waals surface area contributed by atoms with E-state index in [1.165, 1.54) is 0 Å². The van der Waals surface area contributed by atoms with Crippen molar-refractivity contribution in [2.45, 2.75) is 13.5 Å². The van der Waals surface area contributed by atoms with Crippen molar-refractivity contribution in [2.75, 3.05) is 0 Å². The average molecular weight is 183 g/mol. The average Bonchev–Trinajstić information content (AvgIpc) is 2.04. The Labute approximate surface area is 73.0 Å². The van der Waals surface area contributed by atoms with Gasteiger partial charge in [0.2, 0.25) is 5.88 Å². The number of hydrogen-bond donors (Lipinski definition) is 3. The summed E-state index contributed by atoms with van der Waals surface area (Å²) in [5.41, 5.74) is -1.63. The summed E-state index contributed by atoms with van der Waals surface area (Å²) in [5, 5.41) is 16.2. The van der Waals surface area contributed by atoms with Gasteiger partial charge in [-0.15, -0.1) is 0 Å². The standard InChI is InChI=1S/C7H9N3O3/c1-2-10-6(12)4(3-8)5(11)9-7(10)13/h3,8,12H,2H2,1H3,(H,9,11,13). The highest BCUT2D eigenvalue weighted by atomic mass is 16.3. The molecule has 1 rings (SSSR count). The van der Waals surface area contributed by atoms with Crippen LogP contribution in [0.15, 0.2) is 9.59 Å². The summed E-state index contributed by atoms with van der Waals surface area (Å²) < 4.78 is 0.974. The lowest BCUT2D eigenvalue weighted by atomic mass is 10.3. The predicted octanol–water partition coefficient (Wildman–Crippen LogP) is -0.740. The first kappa shape index (κ1) is 9.24. The highest BCUT2D eigenvalue weighted by molar-refractivity contribution is 5.79. The van der Waals surface area contributed by atoms with Gasteiger partial charge in [0.25, 0.3) is 5.56 Å². The maximum atomic E-state index is 11.0. The molecule has 3 N–H and O–H groups in total. The molecule has 0 spiro atoms. The predicted molar refractivity (Wildman–Crippen MR) is 46.5 cm³/mol. The van der Waals surface area contributed by atoms with Crippen molar-refractivity contribution in [1.82, 2.24) is 9.55 Å². The first-order chi connectivity index (χ1) is 6.11. The molecular formula is C7H9N3O3. The molecule has 0 aliphatic rings. The third kappa shape index (κ3) is 1.37. The van der Waals surface area contributed by atoms with Gasteiger partial charge in [0, 0.05) is 12.8 Å². The fourth-order valence-electron chi connectivity index (χ4n) is 0.999. The number of rotatable bonds is 2. The van der Waals surface area contributed by atoms with Crippen LogP contribution in [0.5, 0.6) is 5.88 Å². The van der Waals surface area contributed by atoms with Crippen molar-refractivity contribution in [2.24, 2.45) is 0 Å². The highest BCUT2D eigenvalue weighted by Crippen LogP contribution is 2.05. The molecule has 0 aliphatic heterocycles. The Morgan fingerprint density at radius 3 is 2.69 bits per heavy atom. The third-order valence-corrected chi connectivity index (χ3v) is 1.67. The highest BCUT2D eigenvalue weighted by Gasteiger charge is 2.09. The Morgan fingerprint density at radius 1 is 1.62 bits per heavy atom. The van der Waals surface area contributed by atoms with Gasteiger partial charge in [0.1, 0.15) is 5.56 Å². The first-order valence-corrected chi connectivity index (χ1v) is 3.68. The fourth-order valence-corrected chi connectivity index (χ4v) is 0.999. The topological polar surface area (TPSA) is 98.9 Å². The summed E-state index contributed by atoms with van der Waals surface area (Å²) in [6.45, 7) is 1.88. The van der Waals surface area contributed by atoms with Crippen LogP contribution in [-0.2, 0) is 6.54 Å². The Hall–Kier alpha value is -1.85. The molecule has 0 atom stereocenters. The molecule has 0 amide bonds. The van der Waals surface area contributed by atoms with Crippen molar-refractivity contribution >= 4 is 6.21 Å². The summed E-state index contributed by atoms with van der Waals surface area (Å²) in [4.78, 5) is 24.0. The number of nitrogens with one attached hydrogen (secondary N) is 2. The lowest BCUT2D eigenvalue weighted by Gasteiger charge is -2.05. The van der Waals surface area contributed by atoms with Crippen LogP contribution in [0.4, 0.5) is 0 Å². The molecule has 0 unspecified atom stereocenters. The van der Waals surface area contributed by atoms with Gasteiger partial charge in [-0.3, -0.25) is 14.3 Å². The minimum absolute atomic E-state index is 0.207. The molecule has 6 heteroatoms. The van der Waals surface area contributed by atoms with Crippen LogP contribution in [0.25, 0.3) is 0 Å². The second-order valence-electron chi connectivity index (χ2n) is 2.39. The molecule has 0 saturated carbocycles. The normalized spacial score (nSPS) is 9.92. The number of aromatic nitrogens is 2. The Balaban J connectivity index is 3.68. The third-order valence-electron chi connectivity index (χ3n) is 1.67. The van der Waals surface area contributed by atoms with E-state index >= 15 is 0 Å². The number of H-pyrrole nitrogens is 1. The summed E-state index contributed by atoms with van der Waals surface area (Å²) in [7, 11) is 0. The maximum absolute atomic E-state index is 11.0. The number of nitrogens with zero attached hydrogens (tertiary/aromatic N) is 1. The fraction of sp³-hybridized carbons (Fsp3) is 0.286. The summed E-state index contributed by atoms with van der Waals surface area (Å²) in [6, 6.07) is 0. The second-order valence-corrected chi connectivity index (χ2v) is 2.39. The molecule has 1 aromatic rings. The van der Waals surface area contributed by atoms with Gasteiger partial charge in [0.05, 0.1) is 0 Å². The minimum Gasteiger partial charge on any atom is -0.494 e. The van der Waals surface area contributed by atoms with Gasteiger partial charge >= 0.3 is 5.69 Å². The lowest BCUT2D eigenvalue weighted by Crippen LogP contribution is -2.31. The zero-order valence-electron chi connectivity index (χ0n) is 7.00. The van der Waals surface area contributed by atoms with Crippen molar-refractivity contribution in [3.8, 4) is 5.88 Å².